The highest BCUT2D eigenvalue weighted by Crippen LogP contribution is 2.44. The number of ether oxygens (including phenoxy) is 1. The van der Waals surface area contributed by atoms with Gasteiger partial charge in [0, 0.05) is 5.56 Å². The molecule has 2 saturated carbocycles. The van der Waals surface area contributed by atoms with Gasteiger partial charge in [0.05, 0.1) is 7.11 Å². The van der Waals surface area contributed by atoms with Gasteiger partial charge in [0.1, 0.15) is 5.75 Å². The van der Waals surface area contributed by atoms with E-state index < -0.39 is 0 Å². The van der Waals surface area contributed by atoms with Crippen molar-refractivity contribution in [3.05, 3.63) is 29.3 Å². The molecule has 110 valence electrons. The Kier molecular flexibility index (Phi) is 4.65. The van der Waals surface area contributed by atoms with Crippen LogP contribution in [0.4, 0.5) is 0 Å². The molecule has 1 nitrogen and oxygen atoms in total. The fraction of sp³-hybridized carbons (Fsp3) is 0.684. The molecule has 0 spiro atoms. The van der Waals surface area contributed by atoms with E-state index in [-0.39, 0.29) is 0 Å². The Bertz CT molecular complexity index is 425. The topological polar surface area (TPSA) is 9.23 Å². The summed E-state index contributed by atoms with van der Waals surface area (Å²) in [4.78, 5) is 0. The van der Waals surface area contributed by atoms with E-state index in [0.717, 1.165) is 17.6 Å². The Labute approximate surface area is 123 Å². The zero-order chi connectivity index (χ0) is 13.8. The van der Waals surface area contributed by atoms with Crippen LogP contribution in [-0.2, 0) is 0 Å². The largest absolute Gasteiger partial charge is 0.496 e. The Morgan fingerprint density at radius 3 is 2.00 bits per heavy atom. The van der Waals surface area contributed by atoms with Crippen molar-refractivity contribution in [2.45, 2.75) is 76.0 Å². The third-order valence-electron chi connectivity index (χ3n) is 5.38. The first-order valence-corrected chi connectivity index (χ1v) is 8.57. The average Bonchev–Trinajstić information content (AvgIpc) is 2.55. The standard InChI is InChI=1S/C19H28O/c1-20-18-14-8-13-17(15-9-4-2-5-10-15)19(18)16-11-6-3-7-12-16/h8,13-16H,2-7,9-12H2,1H3. The lowest BCUT2D eigenvalue weighted by Gasteiger charge is -2.30. The van der Waals surface area contributed by atoms with E-state index in [9.17, 15) is 0 Å². The summed E-state index contributed by atoms with van der Waals surface area (Å²) in [6.45, 7) is 0. The van der Waals surface area contributed by atoms with E-state index in [4.69, 9.17) is 4.74 Å². The van der Waals surface area contributed by atoms with Crippen LogP contribution in [0.25, 0.3) is 0 Å². The summed E-state index contributed by atoms with van der Waals surface area (Å²) in [7, 11) is 1.84. The van der Waals surface area contributed by atoms with Gasteiger partial charge in [-0.2, -0.15) is 0 Å². The zero-order valence-corrected chi connectivity index (χ0v) is 12.9. The van der Waals surface area contributed by atoms with Gasteiger partial charge in [-0.05, 0) is 49.1 Å². The lowest BCUT2D eigenvalue weighted by molar-refractivity contribution is 0.378. The second-order valence-electron chi connectivity index (χ2n) is 6.63. The number of hydrogen-bond donors (Lipinski definition) is 0. The maximum absolute atomic E-state index is 5.73. The van der Waals surface area contributed by atoms with Gasteiger partial charge in [0.15, 0.2) is 0 Å². The molecule has 1 aromatic rings. The van der Waals surface area contributed by atoms with Crippen LogP contribution in [0.2, 0.25) is 0 Å². The third-order valence-corrected chi connectivity index (χ3v) is 5.38. The summed E-state index contributed by atoms with van der Waals surface area (Å²) in [6, 6.07) is 6.77. The molecule has 0 bridgehead atoms. The van der Waals surface area contributed by atoms with Gasteiger partial charge in [0.25, 0.3) is 0 Å². The SMILES string of the molecule is COc1cccc(C2CCCCC2)c1C1CCCCC1. The minimum atomic E-state index is 0.747. The Morgan fingerprint density at radius 2 is 1.40 bits per heavy atom. The van der Waals surface area contributed by atoms with Crippen molar-refractivity contribution < 1.29 is 4.74 Å². The molecule has 2 fully saturated rings. The van der Waals surface area contributed by atoms with Crippen molar-refractivity contribution in [2.24, 2.45) is 0 Å². The highest BCUT2D eigenvalue weighted by molar-refractivity contribution is 5.45. The first-order valence-electron chi connectivity index (χ1n) is 8.57. The molecule has 2 aliphatic rings. The van der Waals surface area contributed by atoms with E-state index in [1.54, 1.807) is 11.1 Å². The van der Waals surface area contributed by atoms with Crippen LogP contribution in [0, 0.1) is 0 Å². The van der Waals surface area contributed by atoms with Gasteiger partial charge in [-0.1, -0.05) is 50.7 Å². The fourth-order valence-corrected chi connectivity index (χ4v) is 4.34. The number of methoxy groups -OCH3 is 1. The first-order chi connectivity index (χ1) is 9.90. The number of benzene rings is 1. The smallest absolute Gasteiger partial charge is 0.122 e. The summed E-state index contributed by atoms with van der Waals surface area (Å²) in [5, 5.41) is 0. The highest BCUT2D eigenvalue weighted by atomic mass is 16.5. The maximum Gasteiger partial charge on any atom is 0.122 e. The molecule has 0 amide bonds. The number of hydrogen-bond acceptors (Lipinski definition) is 1. The van der Waals surface area contributed by atoms with Crippen molar-refractivity contribution >= 4 is 0 Å². The molecular formula is C19H28O. The van der Waals surface area contributed by atoms with Crippen LogP contribution in [0.15, 0.2) is 18.2 Å². The molecule has 20 heavy (non-hydrogen) atoms. The summed E-state index contributed by atoms with van der Waals surface area (Å²) in [5.41, 5.74) is 3.19. The summed E-state index contributed by atoms with van der Waals surface area (Å²) in [6.07, 6.45) is 13.9. The van der Waals surface area contributed by atoms with Crippen molar-refractivity contribution in [2.75, 3.05) is 7.11 Å². The third kappa shape index (κ3) is 2.87. The second-order valence-corrected chi connectivity index (χ2v) is 6.63. The van der Waals surface area contributed by atoms with Crippen LogP contribution in [0.5, 0.6) is 5.75 Å². The van der Waals surface area contributed by atoms with Gasteiger partial charge in [0.2, 0.25) is 0 Å². The predicted octanol–water partition coefficient (Wildman–Crippen LogP) is 5.79. The molecule has 0 aromatic heterocycles. The van der Waals surface area contributed by atoms with Crippen LogP contribution >= 0.6 is 0 Å². The molecule has 0 saturated heterocycles. The normalized spacial score (nSPS) is 21.9. The van der Waals surface area contributed by atoms with E-state index in [1.807, 2.05) is 7.11 Å². The first kappa shape index (κ1) is 14.0. The Hall–Kier alpha value is -0.980. The van der Waals surface area contributed by atoms with Crippen molar-refractivity contribution in [1.82, 2.24) is 0 Å². The predicted molar refractivity (Wildman–Crippen MR) is 84.6 cm³/mol. The Morgan fingerprint density at radius 1 is 0.800 bits per heavy atom. The van der Waals surface area contributed by atoms with E-state index in [0.29, 0.717) is 0 Å². The van der Waals surface area contributed by atoms with Gasteiger partial charge in [-0.25, -0.2) is 0 Å². The van der Waals surface area contributed by atoms with Gasteiger partial charge in [-0.3, -0.25) is 0 Å². The number of rotatable bonds is 3. The molecule has 0 atom stereocenters. The fourth-order valence-electron chi connectivity index (χ4n) is 4.34. The van der Waals surface area contributed by atoms with Crippen LogP contribution in [0.1, 0.15) is 87.2 Å². The minimum absolute atomic E-state index is 0.747. The summed E-state index contributed by atoms with van der Waals surface area (Å²) in [5.74, 6) is 2.69. The minimum Gasteiger partial charge on any atom is -0.496 e. The molecule has 1 aromatic carbocycles. The Balaban J connectivity index is 1.94. The summed E-state index contributed by atoms with van der Waals surface area (Å²) >= 11 is 0. The van der Waals surface area contributed by atoms with Crippen LogP contribution < -0.4 is 4.74 Å². The van der Waals surface area contributed by atoms with Crippen LogP contribution in [0.3, 0.4) is 0 Å². The van der Waals surface area contributed by atoms with Gasteiger partial charge >= 0.3 is 0 Å². The van der Waals surface area contributed by atoms with E-state index in [2.05, 4.69) is 18.2 Å². The van der Waals surface area contributed by atoms with Crippen molar-refractivity contribution in [1.29, 1.82) is 0 Å². The molecule has 1 heteroatoms. The van der Waals surface area contributed by atoms with Gasteiger partial charge < -0.3 is 4.74 Å². The molecule has 0 heterocycles. The molecule has 0 radical (unpaired) electrons. The quantitative estimate of drug-likeness (QED) is 0.676. The highest BCUT2D eigenvalue weighted by Gasteiger charge is 2.26. The van der Waals surface area contributed by atoms with E-state index in [1.165, 1.54) is 64.2 Å². The molecule has 3 rings (SSSR count). The van der Waals surface area contributed by atoms with Crippen LogP contribution in [-0.4, -0.2) is 7.11 Å². The molecular weight excluding hydrogens is 244 g/mol. The lowest BCUT2D eigenvalue weighted by Crippen LogP contribution is -2.13. The monoisotopic (exact) mass is 272 g/mol. The zero-order valence-electron chi connectivity index (χ0n) is 12.9. The molecule has 0 unspecified atom stereocenters. The summed E-state index contributed by atoms with van der Waals surface area (Å²) < 4.78 is 5.73. The molecule has 0 N–H and O–H groups in total. The van der Waals surface area contributed by atoms with Crippen molar-refractivity contribution in [3.63, 3.8) is 0 Å². The maximum atomic E-state index is 5.73. The lowest BCUT2D eigenvalue weighted by atomic mass is 9.75. The average molecular weight is 272 g/mol. The van der Waals surface area contributed by atoms with Gasteiger partial charge in [-0.15, -0.1) is 0 Å². The molecule has 2 aliphatic carbocycles. The van der Waals surface area contributed by atoms with Crippen molar-refractivity contribution in [3.8, 4) is 5.75 Å². The molecule has 0 aliphatic heterocycles. The second kappa shape index (κ2) is 6.65. The van der Waals surface area contributed by atoms with E-state index >= 15 is 0 Å².